The summed E-state index contributed by atoms with van der Waals surface area (Å²) in [6.07, 6.45) is 47.6. The van der Waals surface area contributed by atoms with Crippen LogP contribution in [0.4, 0.5) is 22.7 Å². The van der Waals surface area contributed by atoms with E-state index in [1.807, 2.05) is 111 Å². The van der Waals surface area contributed by atoms with Crippen LogP contribution in [0.2, 0.25) is 0 Å². The summed E-state index contributed by atoms with van der Waals surface area (Å²) in [4.78, 5) is 9.16. The van der Waals surface area contributed by atoms with Crippen molar-refractivity contribution in [2.45, 2.75) is 282 Å². The van der Waals surface area contributed by atoms with Crippen molar-refractivity contribution in [1.82, 2.24) is 0 Å². The van der Waals surface area contributed by atoms with Crippen molar-refractivity contribution >= 4 is 115 Å². The number of allylic oxidation sites excluding steroid dienone is 2. The van der Waals surface area contributed by atoms with Crippen LogP contribution in [0.3, 0.4) is 0 Å². The summed E-state index contributed by atoms with van der Waals surface area (Å²) in [5.41, 5.74) is 23.7. The Morgan fingerprint density at radius 1 is 0.365 bits per heavy atom. The maximum Gasteiger partial charge on any atom is 0.129 e. The first-order chi connectivity index (χ1) is 50.6. The van der Waals surface area contributed by atoms with E-state index >= 15 is 0 Å². The Balaban J connectivity index is 0.000000138. The molecule has 2 aromatic heterocycles. The molecule has 568 valence electrons. The standard InChI is InChI=1S/C23H29N2.C20H16N3.2C18H33P.2C5H4S.4ClH.2Ru/c1-14-9-16(3)22(17(4)10-14)24-13-25(21(8)20(24)7)23-18(5)11-15(2)12-19(23)6;1-4-10-17(11-5-1)20-21-23(19-14-8-3-9-15-19)16-22(20)18-12-6-2-7-13-18;2*1-4-10-16(11-5-1)19(17-12-6-2-7-13-17)18-14-8-3-9-15-18;2*1-5-3-2-4-6-5;;;;;;/h9-13H,1-8H3;1-16H;2*16-18H,1-15H2;2*1-4H;4*1H;;/q2*-1;;;;;;;;;2*+2/p-2. The topological polar surface area (TPSA) is 25.3 Å². The van der Waals surface area contributed by atoms with Gasteiger partial charge < -0.3 is 19.7 Å². The average molecular weight is 1730 g/mol. The molecule has 0 amide bonds. The number of amidine groups is 1. The summed E-state index contributed by atoms with van der Waals surface area (Å²) in [6.45, 7) is 21.8. The number of benzene rings is 5. The van der Waals surface area contributed by atoms with Gasteiger partial charge in [-0.3, -0.25) is 0 Å². The van der Waals surface area contributed by atoms with Gasteiger partial charge in [0.1, 0.15) is 5.84 Å². The fraction of sp³-hybridized carbons (Fsp3) is 0.494. The maximum atomic E-state index is 5.63. The van der Waals surface area contributed by atoms with Crippen LogP contribution in [0.15, 0.2) is 167 Å². The number of halogens is 4. The van der Waals surface area contributed by atoms with Crippen molar-refractivity contribution < 1.29 is 27.0 Å². The molecule has 0 saturated heterocycles. The number of nitrogens with zero attached hydrogens (tertiary/aromatic N) is 5. The second kappa shape index (κ2) is 44.2. The molecule has 0 unspecified atom stereocenters. The van der Waals surface area contributed by atoms with Crippen LogP contribution in [0.25, 0.3) is 0 Å². The van der Waals surface area contributed by atoms with Crippen LogP contribution >= 0.6 is 77.3 Å². The molecule has 2 aliphatic heterocycles. The molecule has 0 bridgehead atoms. The molecule has 104 heavy (non-hydrogen) atoms. The molecule has 6 saturated carbocycles. The molecule has 5 aromatic carbocycles. The zero-order valence-electron chi connectivity index (χ0n) is 63.7. The van der Waals surface area contributed by atoms with Crippen LogP contribution < -0.4 is 19.7 Å². The number of hydrazone groups is 1. The molecule has 0 N–H and O–H groups in total. The van der Waals surface area contributed by atoms with E-state index in [-0.39, 0.29) is 15.8 Å². The molecule has 4 heterocycles. The molecule has 5 nitrogen and oxygen atoms in total. The second-order valence-electron chi connectivity index (χ2n) is 30.5. The van der Waals surface area contributed by atoms with Gasteiger partial charge in [0.25, 0.3) is 0 Å². The predicted molar refractivity (Wildman–Crippen MR) is 464 cm³/mol. The molecule has 0 atom stereocenters. The van der Waals surface area contributed by atoms with E-state index in [4.69, 9.17) is 43.9 Å². The van der Waals surface area contributed by atoms with E-state index in [1.54, 1.807) is 215 Å². The monoisotopic (exact) mass is 1730 g/mol. The smallest absolute Gasteiger partial charge is 0.129 e. The van der Waals surface area contributed by atoms with Crippen molar-refractivity contribution in [2.24, 2.45) is 5.10 Å². The summed E-state index contributed by atoms with van der Waals surface area (Å²) in [7, 11) is 22.4. The Kier molecular flexibility index (Phi) is 35.6. The van der Waals surface area contributed by atoms with Crippen LogP contribution in [0.5, 0.6) is 0 Å². The second-order valence-corrected chi connectivity index (χ2v) is 50.8. The van der Waals surface area contributed by atoms with Gasteiger partial charge >= 0.3 is 142 Å². The van der Waals surface area contributed by atoms with Gasteiger partial charge in [-0.1, -0.05) is 141 Å². The first kappa shape index (κ1) is 83.6. The number of anilines is 4. The minimum atomic E-state index is -1.57. The molecule has 0 spiro atoms. The zero-order valence-corrected chi connectivity index (χ0v) is 73.8. The Morgan fingerprint density at radius 3 is 0.952 bits per heavy atom. The van der Waals surface area contributed by atoms with Crippen LogP contribution in [-0.4, -0.2) is 49.0 Å². The number of rotatable bonds is 13. The third-order valence-corrected chi connectivity index (χ3v) is 38.0. The van der Waals surface area contributed by atoms with E-state index in [2.05, 4.69) is 137 Å². The molecule has 0 radical (unpaired) electrons. The summed E-state index contributed by atoms with van der Waals surface area (Å²) in [5.74, 6) is 0.917. The van der Waals surface area contributed by atoms with Gasteiger partial charge in [0.05, 0.1) is 34.0 Å². The van der Waals surface area contributed by atoms with Crippen molar-refractivity contribution in [2.75, 3.05) is 19.7 Å². The van der Waals surface area contributed by atoms with E-state index in [0.29, 0.717) is 0 Å². The predicted octanol–water partition coefficient (Wildman–Crippen LogP) is 28.8. The summed E-state index contributed by atoms with van der Waals surface area (Å²) < 4.78 is 3.89. The number of aryl methyl sites for hydroxylation is 6. The average Bonchev–Trinajstić information content (AvgIpc) is 1.61. The van der Waals surface area contributed by atoms with Gasteiger partial charge in [-0.25, -0.2) is 0 Å². The number of para-hydroxylation sites is 2. The molecule has 15 heteroatoms. The van der Waals surface area contributed by atoms with Gasteiger partial charge in [0.2, 0.25) is 0 Å². The number of thiophene rings is 2. The Bertz CT molecular complexity index is 3470. The fourth-order valence-electron chi connectivity index (χ4n) is 18.3. The molecular formula is C89H121Cl4N5P2Ru2S2. The minimum absolute atomic E-state index is 0.0465. The Morgan fingerprint density at radius 2 is 0.663 bits per heavy atom. The molecule has 15 rings (SSSR count). The van der Waals surface area contributed by atoms with E-state index in [0.717, 1.165) is 22.8 Å². The third kappa shape index (κ3) is 25.1. The SMILES string of the molecule is C1CCC([PH+](C2CCCCC2)C2CCCCC2)CC1.C1CCC([PH+](C2CCCCC2)C2CCCCC2)CC1.CC1=C(C)N(c2c(C)cc(C)cc2C)[CH-]N1c1c(C)cc(C)cc1C.[Cl][Ru]([Cl])=[CH]c1cccs1.[Cl][Ru]([Cl])=[CH]c1cccs1.c1ccc(C2=NN(c3ccccc3)[CH-]N2c2ccccc2)cc1. The van der Waals surface area contributed by atoms with Crippen molar-refractivity contribution in [3.8, 4) is 0 Å². The Labute approximate surface area is 666 Å². The number of hydrogen-bond donors (Lipinski definition) is 0. The summed E-state index contributed by atoms with van der Waals surface area (Å²) in [5, 5.41) is 10.7. The third-order valence-electron chi connectivity index (χ3n) is 22.9. The molecule has 7 aromatic rings. The number of hydrogen-bond acceptors (Lipinski definition) is 7. The first-order valence-corrected chi connectivity index (χ1v) is 55.7. The van der Waals surface area contributed by atoms with Gasteiger partial charge in [-0.2, -0.15) is 5.10 Å². The molecular weight excluding hydrogens is 1610 g/mol. The summed E-state index contributed by atoms with van der Waals surface area (Å²) >= 11 is 0.185. The van der Waals surface area contributed by atoms with E-state index in [1.165, 1.54) is 99.9 Å². The molecule has 8 aliphatic rings. The first-order valence-electron chi connectivity index (χ1n) is 39.5. The summed E-state index contributed by atoms with van der Waals surface area (Å²) in [6, 6.07) is 47.7. The maximum absolute atomic E-state index is 5.63. The van der Waals surface area contributed by atoms with Crippen LogP contribution in [-0.2, 0) is 27.0 Å². The van der Waals surface area contributed by atoms with Crippen molar-refractivity contribution in [3.63, 3.8) is 0 Å². The minimum Gasteiger partial charge on any atom is -0.456 e. The van der Waals surface area contributed by atoms with Crippen LogP contribution in [0, 0.1) is 54.9 Å². The van der Waals surface area contributed by atoms with Gasteiger partial charge in [-0.15, -0.1) is 13.3 Å². The van der Waals surface area contributed by atoms with E-state index < -0.39 is 27.0 Å². The molecule has 6 aliphatic carbocycles. The quantitative estimate of drug-likeness (QED) is 0.0653. The normalized spacial score (nSPS) is 19.1. The van der Waals surface area contributed by atoms with E-state index in [9.17, 15) is 0 Å². The molecule has 6 fully saturated rings. The fourth-order valence-corrected chi connectivity index (χ4v) is 35.6. The largest absolute Gasteiger partial charge is 0.456 e. The van der Waals surface area contributed by atoms with Gasteiger partial charge in [-0.05, 0) is 256 Å². The van der Waals surface area contributed by atoms with Gasteiger partial charge in [0.15, 0.2) is 0 Å². The Hall–Kier alpha value is -2.88. The van der Waals surface area contributed by atoms with Gasteiger partial charge in [0, 0.05) is 55.6 Å². The van der Waals surface area contributed by atoms with Crippen LogP contribution in [0.1, 0.15) is 255 Å². The zero-order chi connectivity index (χ0) is 73.2. The van der Waals surface area contributed by atoms with Crippen molar-refractivity contribution in [3.05, 3.63) is 224 Å². The van der Waals surface area contributed by atoms with Crippen molar-refractivity contribution in [1.29, 1.82) is 0 Å².